The normalized spacial score (nSPS) is 11.8. The lowest BCUT2D eigenvalue weighted by molar-refractivity contribution is 0.314. The summed E-state index contributed by atoms with van der Waals surface area (Å²) >= 11 is 0. The molecule has 0 heterocycles. The number of benzene rings is 2. The van der Waals surface area contributed by atoms with E-state index in [1.165, 1.54) is 6.08 Å². The van der Waals surface area contributed by atoms with Crippen LogP contribution in [-0.4, -0.2) is 8.42 Å². The van der Waals surface area contributed by atoms with Crippen molar-refractivity contribution < 1.29 is 12.6 Å². The maximum atomic E-state index is 11.7. The summed E-state index contributed by atoms with van der Waals surface area (Å²) in [6, 6.07) is 18.4. The number of rotatable bonds is 5. The van der Waals surface area contributed by atoms with Crippen LogP contribution in [-0.2, 0) is 20.9 Å². The van der Waals surface area contributed by atoms with Crippen LogP contribution in [0.4, 0.5) is 0 Å². The molecule has 0 aliphatic carbocycles. The van der Waals surface area contributed by atoms with Crippen molar-refractivity contribution in [2.45, 2.75) is 6.61 Å². The minimum atomic E-state index is -3.66. The average molecular weight is 274 g/mol. The fourth-order valence-corrected chi connectivity index (χ4v) is 2.19. The molecule has 19 heavy (non-hydrogen) atoms. The Balaban J connectivity index is 1.98. The molecule has 4 heteroatoms. The molecule has 0 aliphatic rings. The topological polar surface area (TPSA) is 43.4 Å². The summed E-state index contributed by atoms with van der Waals surface area (Å²) in [6.45, 7) is 0.0440. The first kappa shape index (κ1) is 13.5. The van der Waals surface area contributed by atoms with E-state index >= 15 is 0 Å². The molecular formula is C15H14O3S. The third-order valence-electron chi connectivity index (χ3n) is 2.46. The zero-order valence-electron chi connectivity index (χ0n) is 10.3. The highest BCUT2D eigenvalue weighted by Crippen LogP contribution is 2.08. The van der Waals surface area contributed by atoms with E-state index in [1.807, 2.05) is 60.7 Å². The third kappa shape index (κ3) is 4.69. The van der Waals surface area contributed by atoms with E-state index < -0.39 is 10.1 Å². The van der Waals surface area contributed by atoms with Gasteiger partial charge in [-0.3, -0.25) is 4.18 Å². The minimum absolute atomic E-state index is 0.0440. The molecule has 2 aromatic carbocycles. The van der Waals surface area contributed by atoms with Crippen molar-refractivity contribution in [3.8, 4) is 0 Å². The van der Waals surface area contributed by atoms with Gasteiger partial charge in [0.15, 0.2) is 0 Å². The Bertz CT molecular complexity index is 632. The second-order valence-corrected chi connectivity index (χ2v) is 5.45. The molecule has 0 radical (unpaired) electrons. The predicted octanol–water partition coefficient (Wildman–Crippen LogP) is 3.20. The zero-order chi connectivity index (χ0) is 13.6. The highest BCUT2D eigenvalue weighted by Gasteiger charge is 2.06. The van der Waals surface area contributed by atoms with Crippen molar-refractivity contribution in [1.29, 1.82) is 0 Å². The molecule has 0 unspecified atom stereocenters. The molecule has 0 aliphatic heterocycles. The molecule has 0 fully saturated rings. The Morgan fingerprint density at radius 3 is 2.11 bits per heavy atom. The minimum Gasteiger partial charge on any atom is -0.262 e. The van der Waals surface area contributed by atoms with Gasteiger partial charge in [0.05, 0.1) is 12.0 Å². The van der Waals surface area contributed by atoms with Crippen molar-refractivity contribution in [3.63, 3.8) is 0 Å². The Morgan fingerprint density at radius 2 is 1.47 bits per heavy atom. The van der Waals surface area contributed by atoms with Crippen molar-refractivity contribution in [2.75, 3.05) is 0 Å². The molecular weight excluding hydrogens is 260 g/mol. The fourth-order valence-electron chi connectivity index (χ4n) is 1.49. The molecule has 0 amide bonds. The molecule has 0 spiro atoms. The van der Waals surface area contributed by atoms with Crippen LogP contribution < -0.4 is 0 Å². The molecule has 0 saturated heterocycles. The van der Waals surface area contributed by atoms with Gasteiger partial charge in [0.1, 0.15) is 0 Å². The molecule has 0 atom stereocenters. The summed E-state index contributed by atoms with van der Waals surface area (Å²) in [5.41, 5.74) is 1.63. The van der Waals surface area contributed by atoms with Gasteiger partial charge in [-0.15, -0.1) is 0 Å². The maximum Gasteiger partial charge on any atom is 0.290 e. The quantitative estimate of drug-likeness (QED) is 0.786. The summed E-state index contributed by atoms with van der Waals surface area (Å²) in [7, 11) is -3.66. The van der Waals surface area contributed by atoms with Crippen LogP contribution >= 0.6 is 0 Å². The smallest absolute Gasteiger partial charge is 0.262 e. The average Bonchev–Trinajstić information content (AvgIpc) is 2.46. The van der Waals surface area contributed by atoms with Gasteiger partial charge in [-0.2, -0.15) is 8.42 Å². The standard InChI is InChI=1S/C15H14O3S/c16-19(17,12-11-14-7-3-1-4-8-14)18-13-15-9-5-2-6-10-15/h1-12H,13H2/b12-11+. The SMILES string of the molecule is O=S(=O)(/C=C/c1ccccc1)OCc1ccccc1. The summed E-state index contributed by atoms with van der Waals surface area (Å²) in [5.74, 6) is 0. The maximum absolute atomic E-state index is 11.7. The highest BCUT2D eigenvalue weighted by molar-refractivity contribution is 7.89. The van der Waals surface area contributed by atoms with Gasteiger partial charge in [0.25, 0.3) is 10.1 Å². The Morgan fingerprint density at radius 1 is 0.895 bits per heavy atom. The first-order valence-corrected chi connectivity index (χ1v) is 7.29. The molecule has 0 saturated carbocycles. The van der Waals surface area contributed by atoms with Gasteiger partial charge < -0.3 is 0 Å². The molecule has 3 nitrogen and oxygen atoms in total. The van der Waals surface area contributed by atoms with Crippen LogP contribution in [0.2, 0.25) is 0 Å². The number of hydrogen-bond donors (Lipinski definition) is 0. The van der Waals surface area contributed by atoms with E-state index in [0.717, 1.165) is 16.5 Å². The van der Waals surface area contributed by atoms with Crippen LogP contribution in [0.15, 0.2) is 66.1 Å². The van der Waals surface area contributed by atoms with Crippen LogP contribution in [0.3, 0.4) is 0 Å². The van der Waals surface area contributed by atoms with Crippen molar-refractivity contribution >= 4 is 16.2 Å². The molecule has 0 N–H and O–H groups in total. The van der Waals surface area contributed by atoms with Crippen LogP contribution in [0, 0.1) is 0 Å². The lowest BCUT2D eigenvalue weighted by Gasteiger charge is -2.01. The lowest BCUT2D eigenvalue weighted by Crippen LogP contribution is -2.01. The summed E-state index contributed by atoms with van der Waals surface area (Å²) in [6.07, 6.45) is 1.51. The van der Waals surface area contributed by atoms with Gasteiger partial charge >= 0.3 is 0 Å². The third-order valence-corrected chi connectivity index (χ3v) is 3.38. The second kappa shape index (κ2) is 6.31. The summed E-state index contributed by atoms with van der Waals surface area (Å²) in [4.78, 5) is 0. The highest BCUT2D eigenvalue weighted by atomic mass is 32.2. The fraction of sp³-hybridized carbons (Fsp3) is 0.0667. The summed E-state index contributed by atoms with van der Waals surface area (Å²) in [5, 5.41) is 1.07. The van der Waals surface area contributed by atoms with Crippen LogP contribution in [0.25, 0.3) is 6.08 Å². The van der Waals surface area contributed by atoms with E-state index in [4.69, 9.17) is 4.18 Å². The monoisotopic (exact) mass is 274 g/mol. The molecule has 2 aromatic rings. The van der Waals surface area contributed by atoms with E-state index in [0.29, 0.717) is 0 Å². The van der Waals surface area contributed by atoms with Crippen molar-refractivity contribution in [1.82, 2.24) is 0 Å². The first-order chi connectivity index (χ1) is 9.16. The van der Waals surface area contributed by atoms with E-state index in [-0.39, 0.29) is 6.61 Å². The molecule has 2 rings (SSSR count). The Hall–Kier alpha value is -1.91. The predicted molar refractivity (Wildman–Crippen MR) is 75.6 cm³/mol. The zero-order valence-corrected chi connectivity index (χ0v) is 11.1. The largest absolute Gasteiger partial charge is 0.290 e. The summed E-state index contributed by atoms with van der Waals surface area (Å²) < 4.78 is 28.3. The molecule has 98 valence electrons. The van der Waals surface area contributed by atoms with Crippen molar-refractivity contribution in [2.24, 2.45) is 0 Å². The van der Waals surface area contributed by atoms with Gasteiger partial charge in [0.2, 0.25) is 0 Å². The Kier molecular flexibility index (Phi) is 4.49. The van der Waals surface area contributed by atoms with Gasteiger partial charge in [-0.05, 0) is 17.2 Å². The molecule has 0 bridgehead atoms. The van der Waals surface area contributed by atoms with Gasteiger partial charge in [0, 0.05) is 0 Å². The van der Waals surface area contributed by atoms with Gasteiger partial charge in [-0.25, -0.2) is 0 Å². The van der Waals surface area contributed by atoms with Crippen LogP contribution in [0.5, 0.6) is 0 Å². The van der Waals surface area contributed by atoms with E-state index in [9.17, 15) is 8.42 Å². The lowest BCUT2D eigenvalue weighted by atomic mass is 10.2. The molecule has 0 aromatic heterocycles. The second-order valence-electron chi connectivity index (χ2n) is 3.95. The van der Waals surface area contributed by atoms with E-state index in [2.05, 4.69) is 0 Å². The van der Waals surface area contributed by atoms with Crippen molar-refractivity contribution in [3.05, 3.63) is 77.2 Å². The van der Waals surface area contributed by atoms with Crippen LogP contribution in [0.1, 0.15) is 11.1 Å². The van der Waals surface area contributed by atoms with Gasteiger partial charge in [-0.1, -0.05) is 60.7 Å². The first-order valence-electron chi connectivity index (χ1n) is 5.82. The number of hydrogen-bond acceptors (Lipinski definition) is 3. The van der Waals surface area contributed by atoms with E-state index in [1.54, 1.807) is 0 Å². The Labute approximate surface area is 113 Å².